The first-order chi connectivity index (χ1) is 30.8. The van der Waals surface area contributed by atoms with Gasteiger partial charge in [0.25, 0.3) is 0 Å². The van der Waals surface area contributed by atoms with Gasteiger partial charge in [0, 0.05) is 17.1 Å². The molecule has 0 radical (unpaired) electrons. The van der Waals surface area contributed by atoms with Crippen LogP contribution in [0.15, 0.2) is 261 Å². The lowest BCUT2D eigenvalue weighted by atomic mass is 9.67. The molecule has 10 aromatic carbocycles. The topological polar surface area (TPSA) is 3.24 Å². The smallest absolute Gasteiger partial charge is 0.0713 e. The Morgan fingerprint density at radius 1 is 0.226 bits per heavy atom. The average Bonchev–Trinajstić information content (AvgIpc) is 3.66. The molecule has 0 N–H and O–H groups in total. The first-order valence-corrected chi connectivity index (χ1v) is 21.4. The van der Waals surface area contributed by atoms with E-state index in [1.807, 2.05) is 0 Å². The van der Waals surface area contributed by atoms with E-state index in [0.717, 1.165) is 17.1 Å². The molecular weight excluding hydrogens is 747 g/mol. The van der Waals surface area contributed by atoms with Gasteiger partial charge in [-0.3, -0.25) is 0 Å². The molecule has 0 spiro atoms. The van der Waals surface area contributed by atoms with Crippen LogP contribution >= 0.6 is 0 Å². The fourth-order valence-electron chi connectivity index (χ4n) is 9.69. The van der Waals surface area contributed by atoms with Crippen LogP contribution in [0.5, 0.6) is 0 Å². The summed E-state index contributed by atoms with van der Waals surface area (Å²) >= 11 is 0. The van der Waals surface area contributed by atoms with Gasteiger partial charge in [-0.1, -0.05) is 212 Å². The van der Waals surface area contributed by atoms with Gasteiger partial charge in [0.2, 0.25) is 0 Å². The number of para-hydroxylation sites is 1. The summed E-state index contributed by atoms with van der Waals surface area (Å²) in [4.78, 5) is 2.34. The van der Waals surface area contributed by atoms with E-state index in [2.05, 4.69) is 266 Å². The third-order valence-electron chi connectivity index (χ3n) is 12.6. The third-order valence-corrected chi connectivity index (χ3v) is 12.6. The predicted octanol–water partition coefficient (Wildman–Crippen LogP) is 16.2. The maximum Gasteiger partial charge on any atom is 0.0713 e. The number of benzene rings is 10. The Hall–Kier alpha value is -8.00. The zero-order valence-electron chi connectivity index (χ0n) is 34.3. The van der Waals surface area contributed by atoms with Crippen molar-refractivity contribution in [3.05, 3.63) is 283 Å². The highest BCUT2D eigenvalue weighted by Crippen LogP contribution is 2.58. The monoisotopic (exact) mass is 789 g/mol. The molecule has 1 aliphatic rings. The predicted molar refractivity (Wildman–Crippen MR) is 260 cm³/mol. The number of anilines is 3. The molecule has 0 aromatic heterocycles. The maximum absolute atomic E-state index is 2.49. The number of hydrogen-bond donors (Lipinski definition) is 0. The van der Waals surface area contributed by atoms with Crippen LogP contribution in [0.1, 0.15) is 22.3 Å². The Balaban J connectivity index is 1.02. The molecule has 0 atom stereocenters. The van der Waals surface area contributed by atoms with Gasteiger partial charge >= 0.3 is 0 Å². The van der Waals surface area contributed by atoms with E-state index >= 15 is 0 Å². The van der Waals surface area contributed by atoms with Crippen molar-refractivity contribution in [1.82, 2.24) is 0 Å². The minimum Gasteiger partial charge on any atom is -0.311 e. The standard InChI is InChI=1S/C61H43N/c1-6-18-44(19-7-1)45-30-32-46(33-31-45)47-34-38-53(39-35-47)62(52-26-14-5-15-27-52)54-40-36-49(37-41-54)56-42-58-55-28-16-17-29-59(55)61(50-22-10-3-11-23-50,51-24-12-4-13-25-51)60(58)43-57(56)48-20-8-2-9-21-48/h1-43H. The van der Waals surface area contributed by atoms with Crippen LogP contribution in [-0.4, -0.2) is 0 Å². The van der Waals surface area contributed by atoms with Crippen molar-refractivity contribution in [3.8, 4) is 55.6 Å². The van der Waals surface area contributed by atoms with Gasteiger partial charge in [-0.05, 0) is 126 Å². The lowest BCUT2D eigenvalue weighted by molar-refractivity contribution is 0.769. The molecule has 0 saturated carbocycles. The van der Waals surface area contributed by atoms with Crippen LogP contribution in [0.2, 0.25) is 0 Å². The minimum absolute atomic E-state index is 0.474. The summed E-state index contributed by atoms with van der Waals surface area (Å²) in [5, 5.41) is 0. The summed E-state index contributed by atoms with van der Waals surface area (Å²) < 4.78 is 0. The van der Waals surface area contributed by atoms with Gasteiger partial charge in [-0.2, -0.15) is 0 Å². The Kier molecular flexibility index (Phi) is 9.48. The van der Waals surface area contributed by atoms with E-state index in [1.165, 1.54) is 77.9 Å². The fourth-order valence-corrected chi connectivity index (χ4v) is 9.69. The molecule has 1 nitrogen and oxygen atoms in total. The van der Waals surface area contributed by atoms with Gasteiger partial charge in [0.05, 0.1) is 5.41 Å². The molecule has 0 heterocycles. The summed E-state index contributed by atoms with van der Waals surface area (Å²) in [6.45, 7) is 0. The maximum atomic E-state index is 2.49. The first-order valence-electron chi connectivity index (χ1n) is 21.4. The SMILES string of the molecule is c1ccc(-c2ccc(-c3ccc(N(c4ccccc4)c4ccc(-c5cc6c(cc5-c5ccccc5)C(c5ccccc5)(c5ccccc5)c5ccccc5-6)cc4)cc3)cc2)cc1. The summed E-state index contributed by atoms with van der Waals surface area (Å²) in [5.41, 5.74) is 20.2. The average molecular weight is 790 g/mol. The molecule has 292 valence electrons. The van der Waals surface area contributed by atoms with Crippen molar-refractivity contribution in [2.24, 2.45) is 0 Å². The van der Waals surface area contributed by atoms with E-state index in [9.17, 15) is 0 Å². The second-order valence-corrected chi connectivity index (χ2v) is 16.0. The third kappa shape index (κ3) is 6.43. The summed E-state index contributed by atoms with van der Waals surface area (Å²) in [6.07, 6.45) is 0. The molecule has 10 aromatic rings. The Labute approximate surface area is 364 Å². The quantitative estimate of drug-likeness (QED) is 0.141. The van der Waals surface area contributed by atoms with Crippen LogP contribution in [0.3, 0.4) is 0 Å². The first kappa shape index (κ1) is 37.0. The van der Waals surface area contributed by atoms with Crippen LogP contribution in [0.25, 0.3) is 55.6 Å². The highest BCUT2D eigenvalue weighted by atomic mass is 15.1. The van der Waals surface area contributed by atoms with Crippen LogP contribution in [-0.2, 0) is 5.41 Å². The van der Waals surface area contributed by atoms with Crippen molar-refractivity contribution in [3.63, 3.8) is 0 Å². The van der Waals surface area contributed by atoms with Crippen LogP contribution in [0.4, 0.5) is 17.1 Å². The largest absolute Gasteiger partial charge is 0.311 e. The van der Waals surface area contributed by atoms with Gasteiger partial charge < -0.3 is 4.90 Å². The van der Waals surface area contributed by atoms with Gasteiger partial charge in [-0.25, -0.2) is 0 Å². The zero-order valence-corrected chi connectivity index (χ0v) is 34.3. The Morgan fingerprint density at radius 3 is 1.11 bits per heavy atom. The highest BCUT2D eigenvalue weighted by Gasteiger charge is 2.46. The lowest BCUT2D eigenvalue weighted by Crippen LogP contribution is -2.28. The highest BCUT2D eigenvalue weighted by molar-refractivity contribution is 5.95. The molecule has 0 unspecified atom stereocenters. The number of hydrogen-bond acceptors (Lipinski definition) is 1. The van der Waals surface area contributed by atoms with Crippen LogP contribution < -0.4 is 4.90 Å². The van der Waals surface area contributed by atoms with Crippen molar-refractivity contribution < 1.29 is 0 Å². The minimum atomic E-state index is -0.474. The van der Waals surface area contributed by atoms with Gasteiger partial charge in [0.1, 0.15) is 0 Å². The molecule has 1 aliphatic carbocycles. The molecule has 0 aliphatic heterocycles. The Bertz CT molecular complexity index is 3060. The fraction of sp³-hybridized carbons (Fsp3) is 0.0164. The van der Waals surface area contributed by atoms with E-state index < -0.39 is 5.41 Å². The summed E-state index contributed by atoms with van der Waals surface area (Å²) in [7, 11) is 0. The second kappa shape index (κ2) is 15.9. The lowest BCUT2D eigenvalue weighted by Gasteiger charge is -2.34. The van der Waals surface area contributed by atoms with Gasteiger partial charge in [0.15, 0.2) is 0 Å². The van der Waals surface area contributed by atoms with E-state index in [1.54, 1.807) is 0 Å². The number of nitrogens with zero attached hydrogens (tertiary/aromatic N) is 1. The van der Waals surface area contributed by atoms with Gasteiger partial charge in [-0.15, -0.1) is 0 Å². The number of fused-ring (bicyclic) bond motifs is 3. The van der Waals surface area contributed by atoms with E-state index in [0.29, 0.717) is 0 Å². The van der Waals surface area contributed by atoms with Crippen molar-refractivity contribution in [2.45, 2.75) is 5.41 Å². The van der Waals surface area contributed by atoms with Crippen molar-refractivity contribution in [2.75, 3.05) is 4.90 Å². The molecule has 1 heteroatoms. The molecule has 0 bridgehead atoms. The summed E-state index contributed by atoms with van der Waals surface area (Å²) in [5.74, 6) is 0. The normalized spacial score (nSPS) is 12.3. The Morgan fingerprint density at radius 2 is 0.581 bits per heavy atom. The molecule has 11 rings (SSSR count). The molecule has 0 fully saturated rings. The summed E-state index contributed by atoms with van der Waals surface area (Å²) in [6, 6.07) is 95.1. The molecule has 62 heavy (non-hydrogen) atoms. The van der Waals surface area contributed by atoms with Crippen molar-refractivity contribution in [1.29, 1.82) is 0 Å². The van der Waals surface area contributed by atoms with Crippen molar-refractivity contribution >= 4 is 17.1 Å². The van der Waals surface area contributed by atoms with E-state index in [-0.39, 0.29) is 0 Å². The molecule has 0 saturated heterocycles. The van der Waals surface area contributed by atoms with Crippen LogP contribution in [0, 0.1) is 0 Å². The van der Waals surface area contributed by atoms with E-state index in [4.69, 9.17) is 0 Å². The zero-order chi connectivity index (χ0) is 41.3. The molecular formula is C61H43N. The number of rotatable bonds is 9. The second-order valence-electron chi connectivity index (χ2n) is 16.0. The molecule has 0 amide bonds.